The van der Waals surface area contributed by atoms with Gasteiger partial charge in [-0.25, -0.2) is 0 Å². The minimum absolute atomic E-state index is 0.0438. The molecule has 1 N–H and O–H groups in total. The first-order valence-electron chi connectivity index (χ1n) is 6.28. The van der Waals surface area contributed by atoms with Crippen LogP contribution in [0.15, 0.2) is 18.2 Å². The summed E-state index contributed by atoms with van der Waals surface area (Å²) in [6.07, 6.45) is 1.96. The van der Waals surface area contributed by atoms with Crippen LogP contribution in [0.1, 0.15) is 28.8 Å². The highest BCUT2D eigenvalue weighted by atomic mass is 35.5. The van der Waals surface area contributed by atoms with Gasteiger partial charge in [0, 0.05) is 30.3 Å². The SMILES string of the molecule is Cc1cc(Cl)ccc1C(=O)N1CCCC(CO)C1. The van der Waals surface area contributed by atoms with Gasteiger partial charge in [0.1, 0.15) is 0 Å². The second-order valence-corrected chi connectivity index (χ2v) is 5.34. The predicted octanol–water partition coefficient (Wildman–Crippen LogP) is 2.49. The van der Waals surface area contributed by atoms with Crippen LogP contribution in [0, 0.1) is 12.8 Å². The molecule has 1 aliphatic rings. The maximum Gasteiger partial charge on any atom is 0.254 e. The molecule has 4 heteroatoms. The number of benzene rings is 1. The quantitative estimate of drug-likeness (QED) is 0.894. The molecule has 0 aliphatic carbocycles. The smallest absolute Gasteiger partial charge is 0.254 e. The maximum atomic E-state index is 12.4. The Bertz CT molecular complexity index is 447. The third-order valence-electron chi connectivity index (χ3n) is 3.48. The largest absolute Gasteiger partial charge is 0.396 e. The second kappa shape index (κ2) is 5.72. The van der Waals surface area contributed by atoms with Crippen LogP contribution in [-0.4, -0.2) is 35.6 Å². The maximum absolute atomic E-state index is 12.4. The number of nitrogens with zero attached hydrogens (tertiary/aromatic N) is 1. The molecule has 98 valence electrons. The van der Waals surface area contributed by atoms with Crippen LogP contribution in [0.5, 0.6) is 0 Å². The Morgan fingerprint density at radius 3 is 3.00 bits per heavy atom. The summed E-state index contributed by atoms with van der Waals surface area (Å²) in [6.45, 7) is 3.48. The number of rotatable bonds is 2. The number of amides is 1. The first kappa shape index (κ1) is 13.4. The molecule has 1 aromatic rings. The molecular formula is C14H18ClNO2. The zero-order valence-corrected chi connectivity index (χ0v) is 11.3. The highest BCUT2D eigenvalue weighted by Crippen LogP contribution is 2.21. The molecule has 1 amide bonds. The minimum atomic E-state index is 0.0438. The van der Waals surface area contributed by atoms with Crippen LogP contribution in [0.3, 0.4) is 0 Å². The van der Waals surface area contributed by atoms with Crippen molar-refractivity contribution in [3.8, 4) is 0 Å². The molecule has 1 saturated heterocycles. The fourth-order valence-corrected chi connectivity index (χ4v) is 2.66. The topological polar surface area (TPSA) is 40.5 Å². The average Bonchev–Trinajstić information content (AvgIpc) is 2.38. The zero-order chi connectivity index (χ0) is 13.1. The monoisotopic (exact) mass is 267 g/mol. The molecule has 0 aromatic heterocycles. The molecule has 1 unspecified atom stereocenters. The fraction of sp³-hybridized carbons (Fsp3) is 0.500. The zero-order valence-electron chi connectivity index (χ0n) is 10.5. The number of carbonyl (C=O) groups excluding carboxylic acids is 1. The van der Waals surface area contributed by atoms with Crippen molar-refractivity contribution in [2.24, 2.45) is 5.92 Å². The van der Waals surface area contributed by atoms with Gasteiger partial charge in [0.2, 0.25) is 0 Å². The van der Waals surface area contributed by atoms with Crippen molar-refractivity contribution in [1.29, 1.82) is 0 Å². The van der Waals surface area contributed by atoms with E-state index in [9.17, 15) is 9.90 Å². The van der Waals surface area contributed by atoms with E-state index in [0.717, 1.165) is 24.9 Å². The average molecular weight is 268 g/mol. The van der Waals surface area contributed by atoms with Gasteiger partial charge >= 0.3 is 0 Å². The van der Waals surface area contributed by atoms with Crippen molar-refractivity contribution in [3.05, 3.63) is 34.3 Å². The number of likely N-dealkylation sites (tertiary alicyclic amines) is 1. The van der Waals surface area contributed by atoms with Gasteiger partial charge in [-0.1, -0.05) is 11.6 Å². The van der Waals surface area contributed by atoms with Gasteiger partial charge in [0.15, 0.2) is 0 Å². The summed E-state index contributed by atoms with van der Waals surface area (Å²) >= 11 is 5.90. The molecule has 18 heavy (non-hydrogen) atoms. The van der Waals surface area contributed by atoms with Gasteiger partial charge in [0.05, 0.1) is 0 Å². The number of aryl methyl sites for hydroxylation is 1. The van der Waals surface area contributed by atoms with Crippen LogP contribution in [0.25, 0.3) is 0 Å². The molecule has 0 saturated carbocycles. The van der Waals surface area contributed by atoms with Crippen molar-refractivity contribution in [3.63, 3.8) is 0 Å². The Morgan fingerprint density at radius 2 is 2.33 bits per heavy atom. The first-order valence-corrected chi connectivity index (χ1v) is 6.66. The second-order valence-electron chi connectivity index (χ2n) is 4.90. The molecule has 3 nitrogen and oxygen atoms in total. The molecule has 2 rings (SSSR count). The van der Waals surface area contributed by atoms with Crippen LogP contribution >= 0.6 is 11.6 Å². The van der Waals surface area contributed by atoms with Gasteiger partial charge in [-0.2, -0.15) is 0 Å². The number of piperidine rings is 1. The molecule has 1 aromatic carbocycles. The van der Waals surface area contributed by atoms with Gasteiger partial charge in [-0.15, -0.1) is 0 Å². The number of halogens is 1. The third-order valence-corrected chi connectivity index (χ3v) is 3.72. The summed E-state index contributed by atoms with van der Waals surface area (Å²) in [5, 5.41) is 9.85. The summed E-state index contributed by atoms with van der Waals surface area (Å²) in [7, 11) is 0. The number of hydrogen-bond acceptors (Lipinski definition) is 2. The number of hydrogen-bond donors (Lipinski definition) is 1. The molecule has 1 fully saturated rings. The van der Waals surface area contributed by atoms with E-state index >= 15 is 0 Å². The predicted molar refractivity (Wildman–Crippen MR) is 71.9 cm³/mol. The normalized spacial score (nSPS) is 19.9. The Hall–Kier alpha value is -1.06. The minimum Gasteiger partial charge on any atom is -0.396 e. The summed E-state index contributed by atoms with van der Waals surface area (Å²) in [6, 6.07) is 5.33. The molecule has 1 heterocycles. The third kappa shape index (κ3) is 2.85. The summed E-state index contributed by atoms with van der Waals surface area (Å²) < 4.78 is 0. The Balaban J connectivity index is 2.15. The summed E-state index contributed by atoms with van der Waals surface area (Å²) in [5.74, 6) is 0.262. The van der Waals surface area contributed by atoms with E-state index in [1.165, 1.54) is 0 Å². The van der Waals surface area contributed by atoms with E-state index in [1.54, 1.807) is 12.1 Å². The van der Waals surface area contributed by atoms with Crippen LogP contribution in [0.4, 0.5) is 0 Å². The van der Waals surface area contributed by atoms with E-state index < -0.39 is 0 Å². The lowest BCUT2D eigenvalue weighted by Crippen LogP contribution is -2.41. The van der Waals surface area contributed by atoms with Crippen molar-refractivity contribution in [2.75, 3.05) is 19.7 Å². The van der Waals surface area contributed by atoms with Gasteiger partial charge < -0.3 is 10.0 Å². The van der Waals surface area contributed by atoms with E-state index in [4.69, 9.17) is 11.6 Å². The standard InChI is InChI=1S/C14H18ClNO2/c1-10-7-12(15)4-5-13(10)14(18)16-6-2-3-11(8-16)9-17/h4-5,7,11,17H,2-3,6,8-9H2,1H3. The van der Waals surface area contributed by atoms with Gasteiger partial charge in [0.25, 0.3) is 5.91 Å². The lowest BCUT2D eigenvalue weighted by molar-refractivity contribution is 0.0620. The molecule has 0 spiro atoms. The molecule has 0 radical (unpaired) electrons. The molecule has 0 bridgehead atoms. The summed E-state index contributed by atoms with van der Waals surface area (Å²) in [4.78, 5) is 14.2. The van der Waals surface area contributed by atoms with Gasteiger partial charge in [-0.3, -0.25) is 4.79 Å². The Labute approximate surface area is 112 Å². The van der Waals surface area contributed by atoms with Crippen molar-refractivity contribution >= 4 is 17.5 Å². The van der Waals surface area contributed by atoms with E-state index in [1.807, 2.05) is 17.9 Å². The molecular weight excluding hydrogens is 250 g/mol. The summed E-state index contributed by atoms with van der Waals surface area (Å²) in [5.41, 5.74) is 1.61. The van der Waals surface area contributed by atoms with Crippen molar-refractivity contribution in [2.45, 2.75) is 19.8 Å². The van der Waals surface area contributed by atoms with Crippen LogP contribution < -0.4 is 0 Å². The number of aliphatic hydroxyl groups is 1. The Morgan fingerprint density at radius 1 is 1.56 bits per heavy atom. The molecule has 1 aliphatic heterocycles. The van der Waals surface area contributed by atoms with Gasteiger partial charge in [-0.05, 0) is 49.4 Å². The number of carbonyl (C=O) groups is 1. The lowest BCUT2D eigenvalue weighted by Gasteiger charge is -2.32. The van der Waals surface area contributed by atoms with E-state index in [0.29, 0.717) is 17.1 Å². The van der Waals surface area contributed by atoms with E-state index in [-0.39, 0.29) is 18.4 Å². The van der Waals surface area contributed by atoms with Crippen molar-refractivity contribution < 1.29 is 9.90 Å². The molecule has 1 atom stereocenters. The lowest BCUT2D eigenvalue weighted by atomic mass is 9.97. The van der Waals surface area contributed by atoms with Crippen LogP contribution in [-0.2, 0) is 0 Å². The van der Waals surface area contributed by atoms with Crippen LogP contribution in [0.2, 0.25) is 5.02 Å². The highest BCUT2D eigenvalue weighted by Gasteiger charge is 2.24. The van der Waals surface area contributed by atoms with Crippen molar-refractivity contribution in [1.82, 2.24) is 4.90 Å². The van der Waals surface area contributed by atoms with E-state index in [2.05, 4.69) is 0 Å². The first-order chi connectivity index (χ1) is 8.61. The highest BCUT2D eigenvalue weighted by molar-refractivity contribution is 6.30. The number of aliphatic hydroxyl groups excluding tert-OH is 1. The fourth-order valence-electron chi connectivity index (χ4n) is 2.44. The Kier molecular flexibility index (Phi) is 4.25.